The van der Waals surface area contributed by atoms with Crippen LogP contribution in [0.15, 0.2) is 24.3 Å². The van der Waals surface area contributed by atoms with Crippen molar-refractivity contribution in [2.45, 2.75) is 39.5 Å². The molecule has 0 radical (unpaired) electrons. The van der Waals surface area contributed by atoms with E-state index in [-0.39, 0.29) is 6.03 Å². The number of likely N-dealkylation sites (N-methyl/N-ethyl adjacent to an activating group) is 1. The first-order valence-corrected chi connectivity index (χ1v) is 9.35. The molecule has 1 heterocycles. The van der Waals surface area contributed by atoms with Crippen molar-refractivity contribution >= 4 is 17.4 Å². The van der Waals surface area contributed by atoms with Crippen LogP contribution in [0.2, 0.25) is 0 Å². The van der Waals surface area contributed by atoms with E-state index in [1.807, 2.05) is 18.2 Å². The van der Waals surface area contributed by atoms with Crippen LogP contribution in [0.1, 0.15) is 39.5 Å². The average Bonchev–Trinajstić information content (AvgIpc) is 2.88. The van der Waals surface area contributed by atoms with E-state index in [9.17, 15) is 4.79 Å². The number of hydrogen-bond acceptors (Lipinski definition) is 3. The normalized spacial score (nSPS) is 15.2. The summed E-state index contributed by atoms with van der Waals surface area (Å²) in [6.45, 7) is 10.00. The molecule has 1 fully saturated rings. The lowest BCUT2D eigenvalue weighted by Crippen LogP contribution is -2.37. The molecule has 0 bridgehead atoms. The minimum absolute atomic E-state index is 0.121. The van der Waals surface area contributed by atoms with Crippen molar-refractivity contribution in [3.63, 3.8) is 0 Å². The van der Waals surface area contributed by atoms with Crippen molar-refractivity contribution < 1.29 is 4.79 Å². The third-order valence-corrected chi connectivity index (χ3v) is 4.71. The average molecular weight is 332 g/mol. The summed E-state index contributed by atoms with van der Waals surface area (Å²) in [5.74, 6) is 0. The lowest BCUT2D eigenvalue weighted by molar-refractivity contribution is 0.248. The monoisotopic (exact) mass is 332 g/mol. The van der Waals surface area contributed by atoms with Crippen LogP contribution < -0.4 is 15.5 Å². The summed E-state index contributed by atoms with van der Waals surface area (Å²) in [4.78, 5) is 16.9. The zero-order chi connectivity index (χ0) is 17.2. The molecule has 0 aliphatic carbocycles. The van der Waals surface area contributed by atoms with Gasteiger partial charge in [-0.1, -0.05) is 38.8 Å². The molecule has 1 aliphatic heterocycles. The predicted octanol–water partition coefficient (Wildman–Crippen LogP) is 3.53. The van der Waals surface area contributed by atoms with Crippen LogP contribution in [0.4, 0.5) is 16.2 Å². The van der Waals surface area contributed by atoms with Gasteiger partial charge >= 0.3 is 6.03 Å². The van der Waals surface area contributed by atoms with Crippen LogP contribution in [0.5, 0.6) is 0 Å². The van der Waals surface area contributed by atoms with E-state index < -0.39 is 0 Å². The molecule has 1 aromatic carbocycles. The third kappa shape index (κ3) is 5.71. The molecular formula is C19H32N4O. The van der Waals surface area contributed by atoms with E-state index in [1.165, 1.54) is 25.7 Å². The molecule has 0 aromatic heterocycles. The molecule has 0 spiro atoms. The van der Waals surface area contributed by atoms with Gasteiger partial charge in [0.15, 0.2) is 0 Å². The van der Waals surface area contributed by atoms with E-state index in [2.05, 4.69) is 40.3 Å². The van der Waals surface area contributed by atoms with Gasteiger partial charge in [-0.3, -0.25) is 0 Å². The highest BCUT2D eigenvalue weighted by atomic mass is 16.2. The number of benzene rings is 1. The summed E-state index contributed by atoms with van der Waals surface area (Å²) in [7, 11) is 0. The summed E-state index contributed by atoms with van der Waals surface area (Å²) in [6.07, 6.45) is 5.06. The van der Waals surface area contributed by atoms with Crippen LogP contribution >= 0.6 is 0 Å². The Morgan fingerprint density at radius 2 is 1.75 bits per heavy atom. The van der Waals surface area contributed by atoms with Gasteiger partial charge in [0, 0.05) is 26.2 Å². The standard InChI is InChI=1S/C19H32N4O/c1-3-22(4-2)16-13-20-19(24)21-17-11-7-8-12-18(17)23-14-9-5-6-10-15-23/h7-8,11-12H,3-6,9-10,13-16H2,1-2H3,(H2,20,21,24). The van der Waals surface area contributed by atoms with Crippen LogP contribution in [0, 0.1) is 0 Å². The number of amides is 2. The number of nitrogens with one attached hydrogen (secondary N) is 2. The fraction of sp³-hybridized carbons (Fsp3) is 0.632. The summed E-state index contributed by atoms with van der Waals surface area (Å²) in [6, 6.07) is 8.00. The second kappa shape index (κ2) is 10.2. The fourth-order valence-electron chi connectivity index (χ4n) is 3.20. The maximum Gasteiger partial charge on any atom is 0.319 e. The predicted molar refractivity (Wildman–Crippen MR) is 102 cm³/mol. The Bertz CT molecular complexity index is 494. The first-order valence-electron chi connectivity index (χ1n) is 9.35. The largest absolute Gasteiger partial charge is 0.370 e. The van der Waals surface area contributed by atoms with Crippen molar-refractivity contribution in [2.75, 3.05) is 49.5 Å². The van der Waals surface area contributed by atoms with Crippen molar-refractivity contribution in [2.24, 2.45) is 0 Å². The lowest BCUT2D eigenvalue weighted by atomic mass is 10.2. The first kappa shape index (κ1) is 18.6. The van der Waals surface area contributed by atoms with Gasteiger partial charge in [0.2, 0.25) is 0 Å². The number of carbonyl (C=O) groups is 1. The minimum Gasteiger partial charge on any atom is -0.370 e. The smallest absolute Gasteiger partial charge is 0.319 e. The van der Waals surface area contributed by atoms with Crippen LogP contribution in [-0.4, -0.2) is 50.2 Å². The molecule has 2 amide bonds. The topological polar surface area (TPSA) is 47.6 Å². The Labute approximate surface area is 146 Å². The quantitative estimate of drug-likeness (QED) is 0.803. The summed E-state index contributed by atoms with van der Waals surface area (Å²) < 4.78 is 0. The molecule has 0 atom stereocenters. The Morgan fingerprint density at radius 3 is 2.42 bits per heavy atom. The summed E-state index contributed by atoms with van der Waals surface area (Å²) in [5.41, 5.74) is 2.04. The highest BCUT2D eigenvalue weighted by Crippen LogP contribution is 2.27. The summed E-state index contributed by atoms with van der Waals surface area (Å²) in [5, 5.41) is 5.99. The molecule has 1 aromatic rings. The molecule has 1 aliphatic rings. The summed E-state index contributed by atoms with van der Waals surface area (Å²) >= 11 is 0. The molecule has 134 valence electrons. The van der Waals surface area contributed by atoms with E-state index in [4.69, 9.17) is 0 Å². The Balaban J connectivity index is 1.90. The zero-order valence-electron chi connectivity index (χ0n) is 15.2. The second-order valence-corrected chi connectivity index (χ2v) is 6.33. The molecule has 1 saturated heterocycles. The maximum atomic E-state index is 12.2. The SMILES string of the molecule is CCN(CC)CCNC(=O)Nc1ccccc1N1CCCCCC1. The van der Waals surface area contributed by atoms with Crippen molar-refractivity contribution in [1.82, 2.24) is 10.2 Å². The third-order valence-electron chi connectivity index (χ3n) is 4.71. The Hall–Kier alpha value is -1.75. The van der Waals surface area contributed by atoms with Crippen molar-refractivity contribution in [3.8, 4) is 0 Å². The number of para-hydroxylation sites is 2. The van der Waals surface area contributed by atoms with E-state index >= 15 is 0 Å². The second-order valence-electron chi connectivity index (χ2n) is 6.33. The van der Waals surface area contributed by atoms with Crippen LogP contribution in [0.25, 0.3) is 0 Å². The number of anilines is 2. The zero-order valence-corrected chi connectivity index (χ0v) is 15.2. The van der Waals surface area contributed by atoms with E-state index in [0.717, 1.165) is 44.1 Å². The van der Waals surface area contributed by atoms with Crippen molar-refractivity contribution in [1.29, 1.82) is 0 Å². The van der Waals surface area contributed by atoms with E-state index in [0.29, 0.717) is 6.54 Å². The fourth-order valence-corrected chi connectivity index (χ4v) is 3.20. The van der Waals surface area contributed by atoms with Gasteiger partial charge in [0.1, 0.15) is 0 Å². The minimum atomic E-state index is -0.121. The van der Waals surface area contributed by atoms with Crippen LogP contribution in [0.3, 0.4) is 0 Å². The van der Waals surface area contributed by atoms with Gasteiger partial charge in [-0.25, -0.2) is 4.79 Å². The molecule has 0 unspecified atom stereocenters. The number of urea groups is 1. The van der Waals surface area contributed by atoms with Gasteiger partial charge in [0.25, 0.3) is 0 Å². The number of nitrogens with zero attached hydrogens (tertiary/aromatic N) is 2. The number of rotatable bonds is 7. The first-order chi connectivity index (χ1) is 11.7. The van der Waals surface area contributed by atoms with Gasteiger partial charge in [-0.2, -0.15) is 0 Å². The van der Waals surface area contributed by atoms with Gasteiger partial charge in [0.05, 0.1) is 11.4 Å². The highest BCUT2D eigenvalue weighted by molar-refractivity contribution is 5.93. The molecule has 0 saturated carbocycles. The Kier molecular flexibility index (Phi) is 7.89. The molecular weight excluding hydrogens is 300 g/mol. The number of hydrogen-bond donors (Lipinski definition) is 2. The van der Waals surface area contributed by atoms with Crippen LogP contribution in [-0.2, 0) is 0 Å². The van der Waals surface area contributed by atoms with Gasteiger partial charge in [-0.15, -0.1) is 0 Å². The van der Waals surface area contributed by atoms with E-state index in [1.54, 1.807) is 0 Å². The molecule has 24 heavy (non-hydrogen) atoms. The molecule has 2 N–H and O–H groups in total. The maximum absolute atomic E-state index is 12.2. The highest BCUT2D eigenvalue weighted by Gasteiger charge is 2.14. The van der Waals surface area contributed by atoms with Gasteiger partial charge < -0.3 is 20.4 Å². The molecule has 5 heteroatoms. The van der Waals surface area contributed by atoms with Crippen molar-refractivity contribution in [3.05, 3.63) is 24.3 Å². The molecule has 2 rings (SSSR count). The van der Waals surface area contributed by atoms with Gasteiger partial charge in [-0.05, 0) is 38.1 Å². The Morgan fingerprint density at radius 1 is 1.08 bits per heavy atom. The number of carbonyl (C=O) groups excluding carboxylic acids is 1. The molecule has 5 nitrogen and oxygen atoms in total. The lowest BCUT2D eigenvalue weighted by Gasteiger charge is -2.25.